The Bertz CT molecular complexity index is 981. The lowest BCUT2D eigenvalue weighted by Gasteiger charge is -2.39. The number of aromatic nitrogens is 5. The first-order valence-corrected chi connectivity index (χ1v) is 9.66. The number of nitrogen functional groups attached to an aromatic ring is 1. The first-order valence-electron chi connectivity index (χ1n) is 9.66. The molecule has 1 saturated heterocycles. The van der Waals surface area contributed by atoms with E-state index >= 15 is 0 Å². The molecule has 1 aliphatic heterocycles. The van der Waals surface area contributed by atoms with E-state index in [1.807, 2.05) is 16.9 Å². The smallest absolute Gasteiger partial charge is 0.160 e. The van der Waals surface area contributed by atoms with Gasteiger partial charge in [-0.15, -0.1) is 0 Å². The maximum absolute atomic E-state index is 14.9. The van der Waals surface area contributed by atoms with E-state index in [9.17, 15) is 4.39 Å². The first kappa shape index (κ1) is 16.5. The molecule has 8 heteroatoms. The van der Waals surface area contributed by atoms with Gasteiger partial charge in [0, 0.05) is 19.3 Å². The Morgan fingerprint density at radius 3 is 2.78 bits per heavy atom. The number of alkyl halides is 1. The standard InChI is InChI=1S/C19H24FN7/c1-2-12-9-26(10-12)18-13-7-22-15(17-14(21)8-23-24-17)6-16(13)27(25-18)11-19(20)4-3-5-19/h6-8,12H,2-5,9-11,21H2,1H3,(H,23,24). The fraction of sp³-hybridized carbons (Fsp3) is 0.526. The Morgan fingerprint density at radius 2 is 2.15 bits per heavy atom. The average Bonchev–Trinajstić information content (AvgIpc) is 3.17. The van der Waals surface area contributed by atoms with Crippen LogP contribution < -0.4 is 10.6 Å². The van der Waals surface area contributed by atoms with Crippen LogP contribution in [0.5, 0.6) is 0 Å². The van der Waals surface area contributed by atoms with Crippen molar-refractivity contribution < 1.29 is 4.39 Å². The van der Waals surface area contributed by atoms with E-state index in [-0.39, 0.29) is 6.54 Å². The third kappa shape index (κ3) is 2.65. The van der Waals surface area contributed by atoms with Gasteiger partial charge in [0.15, 0.2) is 5.82 Å². The molecule has 0 spiro atoms. The minimum absolute atomic E-state index is 0.288. The molecule has 0 radical (unpaired) electrons. The minimum Gasteiger partial charge on any atom is -0.396 e. The molecular formula is C19H24FN7. The van der Waals surface area contributed by atoms with Gasteiger partial charge in [-0.1, -0.05) is 6.92 Å². The maximum Gasteiger partial charge on any atom is 0.160 e. The number of fused-ring (bicyclic) bond motifs is 1. The second-order valence-electron chi connectivity index (χ2n) is 7.95. The fourth-order valence-electron chi connectivity index (χ4n) is 4.03. The lowest BCUT2D eigenvalue weighted by Crippen LogP contribution is -2.46. The number of pyridine rings is 1. The number of hydrogen-bond donors (Lipinski definition) is 2. The summed E-state index contributed by atoms with van der Waals surface area (Å²) in [5, 5.41) is 12.6. The van der Waals surface area contributed by atoms with Gasteiger partial charge in [-0.25, -0.2) is 4.39 Å². The van der Waals surface area contributed by atoms with Gasteiger partial charge < -0.3 is 10.6 Å². The molecular weight excluding hydrogens is 345 g/mol. The quantitative estimate of drug-likeness (QED) is 0.721. The van der Waals surface area contributed by atoms with Crippen LogP contribution in [-0.2, 0) is 6.54 Å². The highest BCUT2D eigenvalue weighted by molar-refractivity contribution is 5.92. The third-order valence-corrected chi connectivity index (χ3v) is 6.06. The van der Waals surface area contributed by atoms with Crippen molar-refractivity contribution in [3.8, 4) is 11.4 Å². The summed E-state index contributed by atoms with van der Waals surface area (Å²) in [5.41, 5.74) is 7.65. The number of nitrogens with one attached hydrogen (secondary N) is 1. The zero-order valence-corrected chi connectivity index (χ0v) is 15.5. The van der Waals surface area contributed by atoms with Gasteiger partial charge in [0.2, 0.25) is 0 Å². The first-order chi connectivity index (χ1) is 13.1. The van der Waals surface area contributed by atoms with Gasteiger partial charge in [0.1, 0.15) is 11.4 Å². The molecule has 3 N–H and O–H groups in total. The average molecular weight is 369 g/mol. The predicted molar refractivity (Wildman–Crippen MR) is 103 cm³/mol. The molecule has 3 aromatic heterocycles. The summed E-state index contributed by atoms with van der Waals surface area (Å²) in [7, 11) is 0. The maximum atomic E-state index is 14.9. The van der Waals surface area contributed by atoms with Crippen molar-refractivity contribution >= 4 is 22.4 Å². The van der Waals surface area contributed by atoms with Crippen molar-refractivity contribution in [2.75, 3.05) is 23.7 Å². The van der Waals surface area contributed by atoms with Crippen LogP contribution in [0.25, 0.3) is 22.3 Å². The lowest BCUT2D eigenvalue weighted by atomic mass is 9.82. The van der Waals surface area contributed by atoms with E-state index in [0.717, 1.165) is 36.2 Å². The topological polar surface area (TPSA) is 88.7 Å². The number of anilines is 2. The Balaban J connectivity index is 1.58. The van der Waals surface area contributed by atoms with Gasteiger partial charge in [-0.05, 0) is 37.7 Å². The van der Waals surface area contributed by atoms with Gasteiger partial charge >= 0.3 is 0 Å². The molecule has 0 aromatic carbocycles. The molecule has 0 amide bonds. The highest BCUT2D eigenvalue weighted by atomic mass is 19.1. The van der Waals surface area contributed by atoms with E-state index < -0.39 is 5.67 Å². The van der Waals surface area contributed by atoms with Crippen molar-refractivity contribution in [2.45, 2.75) is 44.8 Å². The zero-order chi connectivity index (χ0) is 18.6. The molecule has 1 aliphatic carbocycles. The molecule has 0 unspecified atom stereocenters. The van der Waals surface area contributed by atoms with E-state index in [1.54, 1.807) is 6.20 Å². The Kier molecular flexibility index (Phi) is 3.63. The van der Waals surface area contributed by atoms with E-state index in [1.165, 1.54) is 6.42 Å². The number of rotatable bonds is 5. The van der Waals surface area contributed by atoms with Crippen LogP contribution in [-0.4, -0.2) is 43.7 Å². The van der Waals surface area contributed by atoms with Gasteiger partial charge in [-0.2, -0.15) is 10.2 Å². The highest BCUT2D eigenvalue weighted by Crippen LogP contribution is 2.40. The summed E-state index contributed by atoms with van der Waals surface area (Å²) >= 11 is 0. The number of nitrogens with two attached hydrogens (primary N) is 1. The van der Waals surface area contributed by atoms with Crippen molar-refractivity contribution in [3.63, 3.8) is 0 Å². The molecule has 27 heavy (non-hydrogen) atoms. The van der Waals surface area contributed by atoms with Crippen LogP contribution in [0.15, 0.2) is 18.5 Å². The molecule has 4 heterocycles. The zero-order valence-electron chi connectivity index (χ0n) is 15.5. The molecule has 3 aromatic rings. The predicted octanol–water partition coefficient (Wildman–Crippen LogP) is 3.14. The molecule has 0 bridgehead atoms. The Hall–Kier alpha value is -2.64. The van der Waals surface area contributed by atoms with E-state index in [0.29, 0.717) is 35.8 Å². The third-order valence-electron chi connectivity index (χ3n) is 6.06. The van der Waals surface area contributed by atoms with Gasteiger partial charge in [-0.3, -0.25) is 14.8 Å². The van der Waals surface area contributed by atoms with Crippen molar-refractivity contribution in [3.05, 3.63) is 18.5 Å². The molecule has 7 nitrogen and oxygen atoms in total. The molecule has 2 aliphatic rings. The van der Waals surface area contributed by atoms with Crippen molar-refractivity contribution in [1.82, 2.24) is 25.0 Å². The van der Waals surface area contributed by atoms with Crippen LogP contribution in [0.3, 0.4) is 0 Å². The number of nitrogens with zero attached hydrogens (tertiary/aromatic N) is 5. The monoisotopic (exact) mass is 369 g/mol. The van der Waals surface area contributed by atoms with Crippen LogP contribution in [0.4, 0.5) is 15.9 Å². The normalized spacial score (nSPS) is 19.3. The van der Waals surface area contributed by atoms with Crippen LogP contribution in [0.2, 0.25) is 0 Å². The van der Waals surface area contributed by atoms with Gasteiger partial charge in [0.25, 0.3) is 0 Å². The summed E-state index contributed by atoms with van der Waals surface area (Å²) in [6.07, 6.45) is 6.73. The fourth-order valence-corrected chi connectivity index (χ4v) is 4.03. The number of halogens is 1. The summed E-state index contributed by atoms with van der Waals surface area (Å²) in [6, 6.07) is 1.94. The Labute approximate surface area is 156 Å². The van der Waals surface area contributed by atoms with Crippen LogP contribution >= 0.6 is 0 Å². The largest absolute Gasteiger partial charge is 0.396 e. The summed E-state index contributed by atoms with van der Waals surface area (Å²) < 4.78 is 16.7. The Morgan fingerprint density at radius 1 is 1.33 bits per heavy atom. The van der Waals surface area contributed by atoms with E-state index in [2.05, 4.69) is 27.0 Å². The van der Waals surface area contributed by atoms with Crippen molar-refractivity contribution in [1.29, 1.82) is 0 Å². The summed E-state index contributed by atoms with van der Waals surface area (Å²) in [4.78, 5) is 6.84. The SMILES string of the molecule is CCC1CN(c2nn(CC3(F)CCC3)c3cc(-c4[nH]ncc4N)ncc23)C1. The number of H-pyrrole nitrogens is 1. The van der Waals surface area contributed by atoms with Crippen LogP contribution in [0, 0.1) is 5.92 Å². The molecule has 5 rings (SSSR count). The number of hydrogen-bond acceptors (Lipinski definition) is 5. The molecule has 142 valence electrons. The second kappa shape index (κ2) is 5.94. The van der Waals surface area contributed by atoms with E-state index in [4.69, 9.17) is 10.8 Å². The second-order valence-corrected chi connectivity index (χ2v) is 7.95. The minimum atomic E-state index is -1.15. The van der Waals surface area contributed by atoms with Crippen molar-refractivity contribution in [2.24, 2.45) is 5.92 Å². The molecule has 2 fully saturated rings. The highest BCUT2D eigenvalue weighted by Gasteiger charge is 2.39. The molecule has 1 saturated carbocycles. The van der Waals surface area contributed by atoms with Crippen LogP contribution in [0.1, 0.15) is 32.6 Å². The summed E-state index contributed by atoms with van der Waals surface area (Å²) in [6.45, 7) is 4.50. The summed E-state index contributed by atoms with van der Waals surface area (Å²) in [5.74, 6) is 1.62. The van der Waals surface area contributed by atoms with Gasteiger partial charge in [0.05, 0.1) is 35.0 Å². The number of aromatic amines is 1. The lowest BCUT2D eigenvalue weighted by molar-refractivity contribution is 0.0419. The molecule has 0 atom stereocenters.